The summed E-state index contributed by atoms with van der Waals surface area (Å²) in [6.45, 7) is 6.84. The van der Waals surface area contributed by atoms with E-state index in [1.165, 1.54) is 11.1 Å². The second kappa shape index (κ2) is 4.02. The first kappa shape index (κ1) is 12.4. The molecular weight excluding hydrogens is 212 g/mol. The van der Waals surface area contributed by atoms with Gasteiger partial charge in [0, 0.05) is 11.0 Å². The zero-order valence-corrected chi connectivity index (χ0v) is 11.2. The van der Waals surface area contributed by atoms with Crippen LogP contribution in [0.4, 0.5) is 0 Å². The molecule has 0 heterocycles. The van der Waals surface area contributed by atoms with Gasteiger partial charge in [-0.1, -0.05) is 32.9 Å². The highest BCUT2D eigenvalue weighted by Crippen LogP contribution is 2.51. The average Bonchev–Trinajstić information content (AvgIpc) is 3.08. The van der Waals surface area contributed by atoms with E-state index < -0.39 is 0 Å². The van der Waals surface area contributed by atoms with Gasteiger partial charge >= 0.3 is 0 Å². The van der Waals surface area contributed by atoms with Crippen LogP contribution < -0.4 is 4.74 Å². The van der Waals surface area contributed by atoms with E-state index in [9.17, 15) is 5.11 Å². The van der Waals surface area contributed by atoms with Crippen LogP contribution >= 0.6 is 0 Å². The first-order valence-electron chi connectivity index (χ1n) is 6.23. The molecule has 0 bridgehead atoms. The Morgan fingerprint density at radius 1 is 1.29 bits per heavy atom. The smallest absolute Gasteiger partial charge is 0.122 e. The molecule has 2 rings (SSSR count). The minimum absolute atomic E-state index is 0.0351. The van der Waals surface area contributed by atoms with Crippen LogP contribution in [0.2, 0.25) is 0 Å². The van der Waals surface area contributed by atoms with Crippen LogP contribution in [-0.4, -0.2) is 18.8 Å². The van der Waals surface area contributed by atoms with Gasteiger partial charge in [0.25, 0.3) is 0 Å². The minimum Gasteiger partial charge on any atom is -0.496 e. The molecule has 0 aliphatic heterocycles. The minimum atomic E-state index is -0.0351. The number of hydrogen-bond acceptors (Lipinski definition) is 2. The van der Waals surface area contributed by atoms with E-state index >= 15 is 0 Å². The fourth-order valence-electron chi connectivity index (χ4n) is 2.25. The average molecular weight is 234 g/mol. The Morgan fingerprint density at radius 2 is 1.94 bits per heavy atom. The normalized spacial score (nSPS) is 17.9. The quantitative estimate of drug-likeness (QED) is 0.871. The number of ether oxygens (including phenoxy) is 1. The molecule has 1 saturated carbocycles. The lowest BCUT2D eigenvalue weighted by Crippen LogP contribution is -2.17. The Hall–Kier alpha value is -1.02. The van der Waals surface area contributed by atoms with Crippen LogP contribution in [0.3, 0.4) is 0 Å². The van der Waals surface area contributed by atoms with Gasteiger partial charge in [-0.2, -0.15) is 0 Å². The van der Waals surface area contributed by atoms with Crippen LogP contribution in [-0.2, 0) is 10.8 Å². The third kappa shape index (κ3) is 2.19. The van der Waals surface area contributed by atoms with E-state index in [1.807, 2.05) is 6.07 Å². The van der Waals surface area contributed by atoms with E-state index in [0.29, 0.717) is 0 Å². The lowest BCUT2D eigenvalue weighted by molar-refractivity contribution is 0.251. The molecule has 1 aliphatic carbocycles. The topological polar surface area (TPSA) is 29.5 Å². The number of aliphatic hydroxyl groups excluding tert-OH is 1. The molecule has 17 heavy (non-hydrogen) atoms. The largest absolute Gasteiger partial charge is 0.496 e. The summed E-state index contributed by atoms with van der Waals surface area (Å²) < 4.78 is 5.43. The van der Waals surface area contributed by atoms with E-state index in [-0.39, 0.29) is 17.4 Å². The monoisotopic (exact) mass is 234 g/mol. The maximum atomic E-state index is 9.57. The summed E-state index contributed by atoms with van der Waals surface area (Å²) in [5.41, 5.74) is 2.57. The molecule has 0 saturated heterocycles. The van der Waals surface area contributed by atoms with Crippen molar-refractivity contribution in [1.82, 2.24) is 0 Å². The van der Waals surface area contributed by atoms with Gasteiger partial charge < -0.3 is 9.84 Å². The first-order valence-corrected chi connectivity index (χ1v) is 6.23. The summed E-state index contributed by atoms with van der Waals surface area (Å²) in [5, 5.41) is 9.57. The van der Waals surface area contributed by atoms with Crippen molar-refractivity contribution >= 4 is 0 Å². The number of methoxy groups -OCH3 is 1. The molecule has 0 radical (unpaired) electrons. The number of hydrogen-bond donors (Lipinski definition) is 1. The van der Waals surface area contributed by atoms with E-state index in [4.69, 9.17) is 4.74 Å². The first-order chi connectivity index (χ1) is 7.93. The standard InChI is InChI=1S/C15H22O2/c1-14(2,3)11-5-6-13(17-4)12(9-11)15(10-16)7-8-15/h5-6,9,16H,7-8,10H2,1-4H3. The summed E-state index contributed by atoms with van der Waals surface area (Å²) in [5.74, 6) is 0.907. The van der Waals surface area contributed by atoms with E-state index in [0.717, 1.165) is 18.6 Å². The molecule has 0 unspecified atom stereocenters. The highest BCUT2D eigenvalue weighted by atomic mass is 16.5. The summed E-state index contributed by atoms with van der Waals surface area (Å²) in [7, 11) is 1.70. The van der Waals surface area contributed by atoms with Crippen LogP contribution in [0.1, 0.15) is 44.7 Å². The molecule has 1 fully saturated rings. The Labute approximate surface area is 104 Å². The van der Waals surface area contributed by atoms with Crippen LogP contribution in [0.15, 0.2) is 18.2 Å². The van der Waals surface area contributed by atoms with Gasteiger partial charge in [-0.15, -0.1) is 0 Å². The van der Waals surface area contributed by atoms with Crippen molar-refractivity contribution < 1.29 is 9.84 Å². The van der Waals surface area contributed by atoms with E-state index in [2.05, 4.69) is 32.9 Å². The molecular formula is C15H22O2. The van der Waals surface area contributed by atoms with Crippen LogP contribution in [0.25, 0.3) is 0 Å². The number of rotatable bonds is 3. The molecule has 2 heteroatoms. The second-order valence-electron chi connectivity index (χ2n) is 6.10. The molecule has 0 aromatic heterocycles. The predicted molar refractivity (Wildman–Crippen MR) is 69.7 cm³/mol. The van der Waals surface area contributed by atoms with Gasteiger partial charge in [-0.05, 0) is 29.9 Å². The van der Waals surface area contributed by atoms with Gasteiger partial charge in [0.2, 0.25) is 0 Å². The summed E-state index contributed by atoms with van der Waals surface area (Å²) in [6, 6.07) is 6.36. The molecule has 94 valence electrons. The highest BCUT2D eigenvalue weighted by molar-refractivity contribution is 5.47. The van der Waals surface area contributed by atoms with Gasteiger partial charge in [-0.3, -0.25) is 0 Å². The Balaban J connectivity index is 2.48. The van der Waals surface area contributed by atoms with Crippen molar-refractivity contribution in [2.24, 2.45) is 0 Å². The van der Waals surface area contributed by atoms with Crippen molar-refractivity contribution in [1.29, 1.82) is 0 Å². The molecule has 1 aromatic carbocycles. The van der Waals surface area contributed by atoms with Crippen molar-refractivity contribution in [3.05, 3.63) is 29.3 Å². The zero-order valence-electron chi connectivity index (χ0n) is 11.2. The highest BCUT2D eigenvalue weighted by Gasteiger charge is 2.45. The van der Waals surface area contributed by atoms with Crippen molar-refractivity contribution in [2.75, 3.05) is 13.7 Å². The fraction of sp³-hybridized carbons (Fsp3) is 0.600. The molecule has 1 aliphatic rings. The summed E-state index contributed by atoms with van der Waals surface area (Å²) >= 11 is 0. The van der Waals surface area contributed by atoms with Crippen molar-refractivity contribution in [2.45, 2.75) is 44.4 Å². The second-order valence-corrected chi connectivity index (χ2v) is 6.10. The van der Waals surface area contributed by atoms with Crippen LogP contribution in [0.5, 0.6) is 5.75 Å². The Bertz CT molecular complexity index is 411. The maximum absolute atomic E-state index is 9.57. The summed E-state index contributed by atoms with van der Waals surface area (Å²) in [4.78, 5) is 0. The van der Waals surface area contributed by atoms with E-state index in [1.54, 1.807) is 7.11 Å². The molecule has 1 aromatic rings. The number of aliphatic hydroxyl groups is 1. The Morgan fingerprint density at radius 3 is 2.35 bits per heavy atom. The molecule has 0 atom stereocenters. The third-order valence-corrected chi connectivity index (χ3v) is 3.79. The van der Waals surface area contributed by atoms with Crippen molar-refractivity contribution in [3.8, 4) is 5.75 Å². The maximum Gasteiger partial charge on any atom is 0.122 e. The SMILES string of the molecule is COc1ccc(C(C)(C)C)cc1C1(CO)CC1. The van der Waals surface area contributed by atoms with Crippen LogP contribution in [0, 0.1) is 0 Å². The summed E-state index contributed by atoms with van der Waals surface area (Å²) in [6.07, 6.45) is 2.13. The third-order valence-electron chi connectivity index (χ3n) is 3.79. The molecule has 1 N–H and O–H groups in total. The fourth-order valence-corrected chi connectivity index (χ4v) is 2.25. The number of benzene rings is 1. The van der Waals surface area contributed by atoms with Gasteiger partial charge in [0.1, 0.15) is 5.75 Å². The molecule has 2 nitrogen and oxygen atoms in total. The zero-order chi connectivity index (χ0) is 12.7. The lowest BCUT2D eigenvalue weighted by Gasteiger charge is -2.23. The Kier molecular flexibility index (Phi) is 2.94. The molecule has 0 spiro atoms. The van der Waals surface area contributed by atoms with Gasteiger partial charge in [0.05, 0.1) is 13.7 Å². The lowest BCUT2D eigenvalue weighted by atomic mass is 9.83. The van der Waals surface area contributed by atoms with Gasteiger partial charge in [-0.25, -0.2) is 0 Å². The van der Waals surface area contributed by atoms with Crippen molar-refractivity contribution in [3.63, 3.8) is 0 Å². The molecule has 0 amide bonds. The van der Waals surface area contributed by atoms with Gasteiger partial charge in [0.15, 0.2) is 0 Å². The predicted octanol–water partition coefficient (Wildman–Crippen LogP) is 3.02.